The van der Waals surface area contributed by atoms with E-state index in [1.165, 1.54) is 6.92 Å². The number of aliphatic hydroxyl groups excluding tert-OH is 1. The van der Waals surface area contributed by atoms with Crippen LogP contribution in [0.15, 0.2) is 0 Å². The Balaban J connectivity index is 2.54. The Morgan fingerprint density at radius 2 is 2.20 bits per heavy atom. The molecule has 1 atom stereocenters. The van der Waals surface area contributed by atoms with E-state index in [1.54, 1.807) is 0 Å². The number of alkyl halides is 1. The molecule has 0 bridgehead atoms. The van der Waals surface area contributed by atoms with E-state index >= 15 is 0 Å². The zero-order valence-electron chi connectivity index (χ0n) is 3.11. The van der Waals surface area contributed by atoms with Crippen molar-refractivity contribution in [3.63, 3.8) is 0 Å². The summed E-state index contributed by atoms with van der Waals surface area (Å²) in [6, 6.07) is 0. The number of hydrogen-bond donors (Lipinski definition) is 1. The van der Waals surface area contributed by atoms with E-state index in [9.17, 15) is 4.39 Å². The molecule has 0 saturated heterocycles. The minimum absolute atomic E-state index is 0.639. The molecule has 0 aliphatic heterocycles. The molecule has 0 heterocycles. The lowest BCUT2D eigenvalue weighted by molar-refractivity contribution is 0.158. The molecule has 0 aliphatic rings. The topological polar surface area (TPSA) is 20.2 Å². The molecule has 0 amide bonds. The van der Waals surface area contributed by atoms with Crippen molar-refractivity contribution in [1.82, 2.24) is 0 Å². The lowest BCUT2D eigenvalue weighted by Crippen LogP contribution is -1.99. The van der Waals surface area contributed by atoms with Crippen LogP contribution in [-0.4, -0.2) is 17.9 Å². The Hall–Kier alpha value is -0.110. The lowest BCUT2D eigenvalue weighted by Gasteiger charge is -1.87. The van der Waals surface area contributed by atoms with Crippen molar-refractivity contribution >= 4 is 0 Å². The Morgan fingerprint density at radius 1 is 2.00 bits per heavy atom. The first-order valence-electron chi connectivity index (χ1n) is 1.51. The lowest BCUT2D eigenvalue weighted by atomic mass is 10.5. The van der Waals surface area contributed by atoms with E-state index in [-0.39, 0.29) is 0 Å². The summed E-state index contributed by atoms with van der Waals surface area (Å²) >= 11 is 0. The molecule has 0 saturated carbocycles. The number of hydrogen-bond acceptors (Lipinski definition) is 1. The van der Waals surface area contributed by atoms with Crippen molar-refractivity contribution < 1.29 is 9.50 Å². The minimum atomic E-state index is -0.782. The third-order valence-electron chi connectivity index (χ3n) is 0.223. The van der Waals surface area contributed by atoms with Crippen molar-refractivity contribution in [3.8, 4) is 0 Å². The van der Waals surface area contributed by atoms with Gasteiger partial charge in [0.2, 0.25) is 0 Å². The van der Waals surface area contributed by atoms with Crippen LogP contribution in [0.5, 0.6) is 0 Å². The highest BCUT2D eigenvalue weighted by Gasteiger charge is 1.85. The molecule has 0 spiro atoms. The van der Waals surface area contributed by atoms with Gasteiger partial charge in [-0.25, -0.2) is 4.39 Å². The molecule has 2 heteroatoms. The smallest absolute Gasteiger partial charge is 0.115 e. The molecule has 0 aromatic heterocycles. The molecule has 0 aromatic rings. The van der Waals surface area contributed by atoms with Crippen LogP contribution in [0.2, 0.25) is 0 Å². The molecule has 32 valence electrons. The predicted octanol–water partition coefficient (Wildman–Crippen LogP) is 0.337. The molecule has 0 aromatic carbocycles. The van der Waals surface area contributed by atoms with Crippen molar-refractivity contribution in [2.75, 3.05) is 6.67 Å². The summed E-state index contributed by atoms with van der Waals surface area (Å²) in [6.07, 6.45) is -0.782. The Bertz CT molecular complexity index is 20.9. The molecule has 0 rings (SSSR count). The largest absolute Gasteiger partial charge is 0.391 e. The average molecular weight is 78.1 g/mol. The number of aliphatic hydroxyl groups is 1. The average Bonchev–Trinajstić information content (AvgIpc) is 1.38. The monoisotopic (exact) mass is 78.0 g/mol. The van der Waals surface area contributed by atoms with Crippen molar-refractivity contribution in [1.29, 1.82) is 0 Å². The summed E-state index contributed by atoms with van der Waals surface area (Å²) in [6.45, 7) is 0.764. The molecular weight excluding hydrogens is 71.0 g/mol. The summed E-state index contributed by atoms with van der Waals surface area (Å²) < 4.78 is 10.9. The van der Waals surface area contributed by atoms with Crippen LogP contribution in [0.3, 0.4) is 0 Å². The molecule has 1 N–H and O–H groups in total. The molecule has 0 fully saturated rings. The van der Waals surface area contributed by atoms with Gasteiger partial charge in [0, 0.05) is 0 Å². The van der Waals surface area contributed by atoms with Crippen LogP contribution >= 0.6 is 0 Å². The predicted molar refractivity (Wildman–Crippen MR) is 17.7 cm³/mol. The van der Waals surface area contributed by atoms with Crippen LogP contribution < -0.4 is 0 Å². The van der Waals surface area contributed by atoms with Crippen LogP contribution in [0, 0.1) is 0 Å². The maximum Gasteiger partial charge on any atom is 0.115 e. The van der Waals surface area contributed by atoms with Gasteiger partial charge >= 0.3 is 0 Å². The highest BCUT2D eigenvalue weighted by Crippen LogP contribution is 1.75. The fourth-order valence-electron chi connectivity index (χ4n) is 0. The zero-order chi connectivity index (χ0) is 4.28. The summed E-state index contributed by atoms with van der Waals surface area (Å²) in [5.74, 6) is 0. The molecule has 1 nitrogen and oxygen atoms in total. The van der Waals surface area contributed by atoms with Crippen LogP contribution in [-0.2, 0) is 0 Å². The third kappa shape index (κ3) is 3.89. The quantitative estimate of drug-likeness (QED) is 0.479. The van der Waals surface area contributed by atoms with Crippen molar-refractivity contribution in [3.05, 3.63) is 0 Å². The van der Waals surface area contributed by atoms with Crippen molar-refractivity contribution in [2.24, 2.45) is 0 Å². The number of rotatable bonds is 1. The van der Waals surface area contributed by atoms with Gasteiger partial charge in [-0.05, 0) is 6.92 Å². The summed E-state index contributed by atoms with van der Waals surface area (Å²) in [5, 5.41) is 7.99. The van der Waals surface area contributed by atoms with Gasteiger partial charge < -0.3 is 5.11 Å². The van der Waals surface area contributed by atoms with Gasteiger partial charge in [-0.1, -0.05) is 0 Å². The van der Waals surface area contributed by atoms with E-state index in [0.717, 1.165) is 0 Å². The van der Waals surface area contributed by atoms with Gasteiger partial charge in [0.25, 0.3) is 0 Å². The van der Waals surface area contributed by atoms with Gasteiger partial charge in [0.05, 0.1) is 6.10 Å². The standard InChI is InChI=1S/C3H7FO/c1-3(5)2-4/h3,5H,2H2,1H3. The van der Waals surface area contributed by atoms with Crippen LogP contribution in [0.1, 0.15) is 6.92 Å². The fourth-order valence-corrected chi connectivity index (χ4v) is 0. The Labute approximate surface area is 30.4 Å². The zero-order valence-corrected chi connectivity index (χ0v) is 3.11. The highest BCUT2D eigenvalue weighted by molar-refractivity contribution is 4.34. The summed E-state index contributed by atoms with van der Waals surface area (Å²) in [4.78, 5) is 0. The Kier molecular flexibility index (Phi) is 2.10. The summed E-state index contributed by atoms with van der Waals surface area (Å²) in [7, 11) is 0. The van der Waals surface area contributed by atoms with E-state index < -0.39 is 12.8 Å². The first-order valence-corrected chi connectivity index (χ1v) is 1.51. The van der Waals surface area contributed by atoms with Crippen LogP contribution in [0.25, 0.3) is 0 Å². The van der Waals surface area contributed by atoms with Gasteiger partial charge in [0.15, 0.2) is 0 Å². The van der Waals surface area contributed by atoms with E-state index in [1.807, 2.05) is 0 Å². The highest BCUT2D eigenvalue weighted by atomic mass is 19.1. The van der Waals surface area contributed by atoms with Gasteiger partial charge in [0.1, 0.15) is 6.67 Å². The first-order chi connectivity index (χ1) is 2.27. The number of halogens is 1. The van der Waals surface area contributed by atoms with E-state index in [2.05, 4.69) is 0 Å². The second-order valence-electron chi connectivity index (χ2n) is 1.00. The van der Waals surface area contributed by atoms with E-state index in [0.29, 0.717) is 0 Å². The SMILES string of the molecule is CC(O)CF. The molecule has 0 radical (unpaired) electrons. The van der Waals surface area contributed by atoms with Gasteiger partial charge in [-0.3, -0.25) is 0 Å². The maximum absolute atomic E-state index is 10.9. The van der Waals surface area contributed by atoms with Crippen LogP contribution in [0.4, 0.5) is 4.39 Å². The maximum atomic E-state index is 10.9. The van der Waals surface area contributed by atoms with Gasteiger partial charge in [-0.2, -0.15) is 0 Å². The fraction of sp³-hybridized carbons (Fsp3) is 1.00. The Morgan fingerprint density at radius 3 is 2.20 bits per heavy atom. The minimum Gasteiger partial charge on any atom is -0.391 e. The molecule has 5 heavy (non-hydrogen) atoms. The van der Waals surface area contributed by atoms with Gasteiger partial charge in [-0.15, -0.1) is 0 Å². The molecule has 1 unspecified atom stereocenters. The summed E-state index contributed by atoms with van der Waals surface area (Å²) in [5.41, 5.74) is 0. The molecule has 0 aliphatic carbocycles. The first kappa shape index (κ1) is 4.89. The third-order valence-corrected chi connectivity index (χ3v) is 0.223. The second kappa shape index (κ2) is 2.15. The second-order valence-corrected chi connectivity index (χ2v) is 1.00. The normalized spacial score (nSPS) is 15.0. The van der Waals surface area contributed by atoms with Crippen molar-refractivity contribution in [2.45, 2.75) is 13.0 Å². The molecular formula is C3H7FO. The van der Waals surface area contributed by atoms with E-state index in [4.69, 9.17) is 5.11 Å².